The second-order valence-corrected chi connectivity index (χ2v) is 7.55. The van der Waals surface area contributed by atoms with E-state index in [4.69, 9.17) is 9.47 Å². The first-order valence-corrected chi connectivity index (χ1v) is 10.5. The smallest absolute Gasteiger partial charge is 0.262 e. The minimum Gasteiger partial charge on any atom is -0.497 e. The Hall–Kier alpha value is -3.99. The molecule has 4 aromatic carbocycles. The van der Waals surface area contributed by atoms with Crippen LogP contribution in [0, 0.1) is 6.92 Å². The van der Waals surface area contributed by atoms with Crippen molar-refractivity contribution in [1.29, 1.82) is 0 Å². The largest absolute Gasteiger partial charge is 0.497 e. The predicted octanol–water partition coefficient (Wildman–Crippen LogP) is 5.79. The van der Waals surface area contributed by atoms with Crippen LogP contribution >= 0.6 is 0 Å². The third-order valence-corrected chi connectivity index (χ3v) is 5.25. The molecule has 0 heterocycles. The number of amides is 1. The molecule has 1 amide bonds. The number of hydrogen-bond donors (Lipinski definition) is 2. The quantitative estimate of drug-likeness (QED) is 0.375. The molecule has 4 rings (SSSR count). The highest BCUT2D eigenvalue weighted by molar-refractivity contribution is 5.92. The van der Waals surface area contributed by atoms with Crippen molar-refractivity contribution in [3.63, 3.8) is 0 Å². The summed E-state index contributed by atoms with van der Waals surface area (Å²) < 4.78 is 11.2. The first-order chi connectivity index (χ1) is 15.6. The van der Waals surface area contributed by atoms with Crippen molar-refractivity contribution in [2.75, 3.05) is 24.4 Å². The lowest BCUT2D eigenvalue weighted by molar-refractivity contribution is -0.118. The number of nitrogens with one attached hydrogen (secondary N) is 2. The molecule has 0 unspecified atom stereocenters. The van der Waals surface area contributed by atoms with Crippen LogP contribution in [0.25, 0.3) is 10.8 Å². The predicted molar refractivity (Wildman–Crippen MR) is 130 cm³/mol. The van der Waals surface area contributed by atoms with E-state index in [1.165, 1.54) is 0 Å². The second-order valence-electron chi connectivity index (χ2n) is 7.55. The van der Waals surface area contributed by atoms with Gasteiger partial charge in [0.2, 0.25) is 0 Å². The van der Waals surface area contributed by atoms with Gasteiger partial charge in [-0.1, -0.05) is 48.0 Å². The molecule has 5 nitrogen and oxygen atoms in total. The van der Waals surface area contributed by atoms with Crippen LogP contribution in [0.4, 0.5) is 11.4 Å². The molecule has 0 fully saturated rings. The monoisotopic (exact) mass is 426 g/mol. The zero-order valence-electron chi connectivity index (χ0n) is 18.2. The van der Waals surface area contributed by atoms with Gasteiger partial charge in [0.25, 0.3) is 5.91 Å². The summed E-state index contributed by atoms with van der Waals surface area (Å²) in [5, 5.41) is 8.52. The standard InChI is InChI=1S/C27H26N2O3/c1-19-7-10-22(11-8-19)29-27(30)18-32-26-16-9-20-5-3-4-6-24(20)25(26)17-28-21-12-14-23(31-2)15-13-21/h3-16,28H,17-18H2,1-2H3,(H,29,30). The van der Waals surface area contributed by atoms with Gasteiger partial charge in [0, 0.05) is 23.5 Å². The lowest BCUT2D eigenvalue weighted by atomic mass is 10.0. The Morgan fingerprint density at radius 1 is 0.844 bits per heavy atom. The number of hydrogen-bond acceptors (Lipinski definition) is 4. The van der Waals surface area contributed by atoms with Gasteiger partial charge in [-0.2, -0.15) is 0 Å². The molecule has 0 spiro atoms. The number of carbonyl (C=O) groups is 1. The van der Waals surface area contributed by atoms with Crippen LogP contribution in [0.5, 0.6) is 11.5 Å². The molecular weight excluding hydrogens is 400 g/mol. The molecular formula is C27H26N2O3. The van der Waals surface area contributed by atoms with Crippen molar-refractivity contribution in [2.45, 2.75) is 13.5 Å². The third kappa shape index (κ3) is 5.19. The number of anilines is 2. The van der Waals surface area contributed by atoms with Gasteiger partial charge >= 0.3 is 0 Å². The lowest BCUT2D eigenvalue weighted by Gasteiger charge is -2.16. The summed E-state index contributed by atoms with van der Waals surface area (Å²) in [4.78, 5) is 12.4. The molecule has 0 saturated carbocycles. The zero-order valence-corrected chi connectivity index (χ0v) is 18.2. The summed E-state index contributed by atoms with van der Waals surface area (Å²) in [6.07, 6.45) is 0. The summed E-state index contributed by atoms with van der Waals surface area (Å²) >= 11 is 0. The van der Waals surface area contributed by atoms with Crippen LogP contribution in [0.1, 0.15) is 11.1 Å². The van der Waals surface area contributed by atoms with Crippen LogP contribution < -0.4 is 20.1 Å². The Balaban J connectivity index is 1.50. The summed E-state index contributed by atoms with van der Waals surface area (Å²) in [5.41, 5.74) is 3.87. The van der Waals surface area contributed by atoms with E-state index in [1.54, 1.807) is 7.11 Å². The van der Waals surface area contributed by atoms with Gasteiger partial charge < -0.3 is 20.1 Å². The number of methoxy groups -OCH3 is 1. The Bertz CT molecular complexity index is 1200. The SMILES string of the molecule is COc1ccc(NCc2c(OCC(=O)Nc3ccc(C)cc3)ccc3ccccc23)cc1. The Labute approximate surface area is 188 Å². The van der Waals surface area contributed by atoms with E-state index in [0.717, 1.165) is 39.0 Å². The third-order valence-electron chi connectivity index (χ3n) is 5.25. The maximum Gasteiger partial charge on any atom is 0.262 e. The summed E-state index contributed by atoms with van der Waals surface area (Å²) in [6.45, 7) is 2.50. The molecule has 4 aromatic rings. The van der Waals surface area contributed by atoms with E-state index in [0.29, 0.717) is 12.3 Å². The van der Waals surface area contributed by atoms with Crippen LogP contribution in [-0.2, 0) is 11.3 Å². The van der Waals surface area contributed by atoms with E-state index in [-0.39, 0.29) is 12.5 Å². The topological polar surface area (TPSA) is 59.6 Å². The minimum absolute atomic E-state index is 0.0677. The zero-order chi connectivity index (χ0) is 22.3. The fourth-order valence-corrected chi connectivity index (χ4v) is 3.51. The Kier molecular flexibility index (Phi) is 6.56. The Morgan fingerprint density at radius 2 is 1.56 bits per heavy atom. The van der Waals surface area contributed by atoms with E-state index in [9.17, 15) is 4.79 Å². The molecule has 0 radical (unpaired) electrons. The van der Waals surface area contributed by atoms with Crippen LogP contribution in [0.3, 0.4) is 0 Å². The van der Waals surface area contributed by atoms with Gasteiger partial charge in [0.1, 0.15) is 11.5 Å². The molecule has 0 aromatic heterocycles. The van der Waals surface area contributed by atoms with Crippen molar-refractivity contribution in [3.05, 3.63) is 96.1 Å². The minimum atomic E-state index is -0.198. The summed E-state index contributed by atoms with van der Waals surface area (Å²) in [7, 11) is 1.65. The molecule has 0 aliphatic carbocycles. The second kappa shape index (κ2) is 9.88. The first-order valence-electron chi connectivity index (χ1n) is 10.5. The van der Waals surface area contributed by atoms with Crippen molar-refractivity contribution in [3.8, 4) is 11.5 Å². The molecule has 0 bridgehead atoms. The van der Waals surface area contributed by atoms with E-state index in [2.05, 4.69) is 22.8 Å². The summed E-state index contributed by atoms with van der Waals surface area (Å²) in [5.74, 6) is 1.30. The maximum atomic E-state index is 12.4. The molecule has 5 heteroatoms. The van der Waals surface area contributed by atoms with Crippen LogP contribution in [0.15, 0.2) is 84.9 Å². The van der Waals surface area contributed by atoms with Crippen molar-refractivity contribution >= 4 is 28.1 Å². The number of fused-ring (bicyclic) bond motifs is 1. The molecule has 0 aliphatic rings. The van der Waals surface area contributed by atoms with E-state index in [1.807, 2.05) is 79.7 Å². The van der Waals surface area contributed by atoms with Gasteiger partial charge in [0.15, 0.2) is 6.61 Å². The van der Waals surface area contributed by atoms with Crippen LogP contribution in [0.2, 0.25) is 0 Å². The number of benzene rings is 4. The van der Waals surface area contributed by atoms with Gasteiger partial charge in [0.05, 0.1) is 7.11 Å². The highest BCUT2D eigenvalue weighted by Crippen LogP contribution is 2.29. The van der Waals surface area contributed by atoms with Crippen molar-refractivity contribution < 1.29 is 14.3 Å². The number of ether oxygens (including phenoxy) is 2. The highest BCUT2D eigenvalue weighted by atomic mass is 16.5. The van der Waals surface area contributed by atoms with Gasteiger partial charge in [-0.25, -0.2) is 0 Å². The molecule has 0 saturated heterocycles. The molecule has 2 N–H and O–H groups in total. The first kappa shape index (κ1) is 21.2. The molecule has 162 valence electrons. The van der Waals surface area contributed by atoms with Gasteiger partial charge in [-0.3, -0.25) is 4.79 Å². The van der Waals surface area contributed by atoms with Crippen LogP contribution in [-0.4, -0.2) is 19.6 Å². The molecule has 32 heavy (non-hydrogen) atoms. The Morgan fingerprint density at radius 3 is 2.31 bits per heavy atom. The van der Waals surface area contributed by atoms with E-state index >= 15 is 0 Å². The number of aryl methyl sites for hydroxylation is 1. The fraction of sp³-hybridized carbons (Fsp3) is 0.148. The average molecular weight is 427 g/mol. The highest BCUT2D eigenvalue weighted by Gasteiger charge is 2.11. The van der Waals surface area contributed by atoms with Gasteiger partial charge in [-0.15, -0.1) is 0 Å². The fourth-order valence-electron chi connectivity index (χ4n) is 3.51. The number of carbonyl (C=O) groups excluding carboxylic acids is 1. The lowest BCUT2D eigenvalue weighted by Crippen LogP contribution is -2.20. The molecule has 0 aliphatic heterocycles. The van der Waals surface area contributed by atoms with Crippen molar-refractivity contribution in [1.82, 2.24) is 0 Å². The summed E-state index contributed by atoms with van der Waals surface area (Å²) in [6, 6.07) is 27.6. The normalized spacial score (nSPS) is 10.6. The van der Waals surface area contributed by atoms with Gasteiger partial charge in [-0.05, 0) is 60.2 Å². The molecule has 0 atom stereocenters. The van der Waals surface area contributed by atoms with E-state index < -0.39 is 0 Å². The average Bonchev–Trinajstić information content (AvgIpc) is 2.83. The maximum absolute atomic E-state index is 12.4. The van der Waals surface area contributed by atoms with Crippen molar-refractivity contribution in [2.24, 2.45) is 0 Å². The number of rotatable bonds is 8.